The van der Waals surface area contributed by atoms with Crippen molar-refractivity contribution in [1.29, 1.82) is 0 Å². The molecule has 3 aromatic heterocycles. The van der Waals surface area contributed by atoms with Gasteiger partial charge in [0.25, 0.3) is 0 Å². The Hall–Kier alpha value is -3.29. The Morgan fingerprint density at radius 2 is 2.00 bits per heavy atom. The van der Waals surface area contributed by atoms with Crippen LogP contribution in [0.3, 0.4) is 0 Å². The van der Waals surface area contributed by atoms with Crippen LogP contribution in [0, 0.1) is 20.8 Å². The molecule has 0 unspecified atom stereocenters. The molecule has 0 amide bonds. The van der Waals surface area contributed by atoms with E-state index in [1.54, 1.807) is 20.9 Å². The van der Waals surface area contributed by atoms with Crippen molar-refractivity contribution in [3.63, 3.8) is 0 Å². The van der Waals surface area contributed by atoms with Gasteiger partial charge in [-0.3, -0.25) is 0 Å². The Morgan fingerprint density at radius 1 is 1.19 bits per heavy atom. The van der Waals surface area contributed by atoms with Gasteiger partial charge in [0, 0.05) is 18.7 Å². The van der Waals surface area contributed by atoms with E-state index in [0.717, 1.165) is 39.5 Å². The maximum absolute atomic E-state index is 12.7. The molecule has 1 aliphatic heterocycles. The van der Waals surface area contributed by atoms with Gasteiger partial charge in [0.15, 0.2) is 5.65 Å². The predicted octanol–water partition coefficient (Wildman–Crippen LogP) is 1.83. The van der Waals surface area contributed by atoms with Gasteiger partial charge in [0.05, 0.1) is 17.1 Å². The molecule has 8 nitrogen and oxygen atoms in total. The number of nitrogens with zero attached hydrogens (tertiary/aromatic N) is 6. The van der Waals surface area contributed by atoms with Crippen LogP contribution in [0.4, 0.5) is 0 Å². The second-order valence-corrected chi connectivity index (χ2v) is 6.65. The number of hydrogen-bond acceptors (Lipinski definition) is 4. The van der Waals surface area contributed by atoms with Gasteiger partial charge in [-0.15, -0.1) is 5.10 Å². The van der Waals surface area contributed by atoms with E-state index in [1.807, 2.05) is 49.8 Å². The number of hydrogen-bond donors (Lipinski definition) is 0. The molecule has 26 heavy (non-hydrogen) atoms. The molecule has 132 valence electrons. The van der Waals surface area contributed by atoms with Gasteiger partial charge in [-0.05, 0) is 32.4 Å². The molecule has 1 aliphatic rings. The molecule has 0 aliphatic carbocycles. The third-order valence-electron chi connectivity index (χ3n) is 5.06. The van der Waals surface area contributed by atoms with E-state index in [-0.39, 0.29) is 5.69 Å². The molecular weight excluding hydrogens is 332 g/mol. The van der Waals surface area contributed by atoms with Crippen molar-refractivity contribution in [2.45, 2.75) is 27.4 Å². The molecule has 0 fully saturated rings. The summed E-state index contributed by atoms with van der Waals surface area (Å²) in [5.41, 5.74) is 6.01. The highest BCUT2D eigenvalue weighted by Crippen LogP contribution is 2.27. The maximum atomic E-state index is 12.7. The van der Waals surface area contributed by atoms with E-state index in [4.69, 9.17) is 4.74 Å². The lowest BCUT2D eigenvalue weighted by Crippen LogP contribution is -2.48. The molecule has 0 atom stereocenters. The third kappa shape index (κ3) is 1.75. The zero-order chi connectivity index (χ0) is 18.2. The average Bonchev–Trinajstić information content (AvgIpc) is 3.01. The Kier molecular flexibility index (Phi) is 2.81. The molecule has 0 saturated carbocycles. The quantitative estimate of drug-likeness (QED) is 0.485. The lowest BCUT2D eigenvalue weighted by Gasteiger charge is -2.28. The monoisotopic (exact) mass is 350 g/mol. The van der Waals surface area contributed by atoms with E-state index >= 15 is 0 Å². The van der Waals surface area contributed by atoms with Gasteiger partial charge < -0.3 is 4.74 Å². The number of aryl methyl sites for hydroxylation is 3. The summed E-state index contributed by atoms with van der Waals surface area (Å²) in [4.78, 5) is 19.2. The summed E-state index contributed by atoms with van der Waals surface area (Å²) in [5, 5.41) is 4.54. The van der Waals surface area contributed by atoms with Gasteiger partial charge in [-0.25, -0.2) is 19.0 Å². The van der Waals surface area contributed by atoms with E-state index < -0.39 is 0 Å². The lowest BCUT2D eigenvalue weighted by molar-refractivity contribution is 0.289. The summed E-state index contributed by atoms with van der Waals surface area (Å²) in [5.74, 6) is 0.519. The number of aromatic nitrogens is 6. The van der Waals surface area contributed by atoms with Crippen molar-refractivity contribution in [1.82, 2.24) is 28.8 Å². The number of rotatable bonds is 0. The maximum Gasteiger partial charge on any atom is 0.365 e. The summed E-state index contributed by atoms with van der Waals surface area (Å²) in [6.45, 7) is 6.26. The Balaban J connectivity index is 1.96. The summed E-state index contributed by atoms with van der Waals surface area (Å²) in [6, 6.07) is 7.75. The predicted molar refractivity (Wildman–Crippen MR) is 95.4 cm³/mol. The minimum atomic E-state index is -0.102. The number of ether oxygens (including phenoxy) is 1. The fraction of sp³-hybridized carbons (Fsp3) is 0.278. The SMILES string of the molecule is Cc1cccc2c1COc1cc3nc(C)c(c(C)n3n1)-n1n(C)c(=O)n1-2. The van der Waals surface area contributed by atoms with Crippen molar-refractivity contribution in [3.8, 4) is 17.3 Å². The van der Waals surface area contributed by atoms with Crippen LogP contribution in [0.25, 0.3) is 17.0 Å². The molecule has 0 saturated heterocycles. The van der Waals surface area contributed by atoms with Gasteiger partial charge in [-0.1, -0.05) is 12.1 Å². The second kappa shape index (κ2) is 4.87. The van der Waals surface area contributed by atoms with Crippen LogP contribution in [0.5, 0.6) is 5.88 Å². The summed E-state index contributed by atoms with van der Waals surface area (Å²) in [7, 11) is 1.75. The summed E-state index contributed by atoms with van der Waals surface area (Å²) in [6.07, 6.45) is 0. The van der Waals surface area contributed by atoms with Crippen LogP contribution >= 0.6 is 0 Å². The van der Waals surface area contributed by atoms with Gasteiger partial charge in [0.1, 0.15) is 12.3 Å². The normalized spacial score (nSPS) is 12.9. The standard InChI is InChI=1S/C18H18N6O2/c1-10-6-5-7-14-13(10)9-26-16-8-15-19-11(2)17(12(3)22(15)20-16)24-21(4)18(25)23(14)24/h5-8H,9H2,1-4H3. The van der Waals surface area contributed by atoms with Crippen molar-refractivity contribution in [2.75, 3.05) is 0 Å². The summed E-state index contributed by atoms with van der Waals surface area (Å²) >= 11 is 0. The highest BCUT2D eigenvalue weighted by atomic mass is 16.5. The largest absolute Gasteiger partial charge is 0.472 e. The first-order valence-electron chi connectivity index (χ1n) is 8.43. The first-order valence-corrected chi connectivity index (χ1v) is 8.43. The Bertz CT molecular complexity index is 1250. The Morgan fingerprint density at radius 3 is 2.81 bits per heavy atom. The van der Waals surface area contributed by atoms with Crippen LogP contribution in [-0.2, 0) is 13.7 Å². The molecule has 5 rings (SSSR count). The minimum Gasteiger partial charge on any atom is -0.472 e. The van der Waals surface area contributed by atoms with E-state index in [2.05, 4.69) is 10.1 Å². The lowest BCUT2D eigenvalue weighted by atomic mass is 10.1. The molecule has 0 spiro atoms. The van der Waals surface area contributed by atoms with Gasteiger partial charge >= 0.3 is 5.69 Å². The topological polar surface area (TPSA) is 71.3 Å². The first-order chi connectivity index (χ1) is 12.5. The molecule has 4 heterocycles. The fourth-order valence-electron chi connectivity index (χ4n) is 3.69. The van der Waals surface area contributed by atoms with Crippen molar-refractivity contribution in [2.24, 2.45) is 7.05 Å². The van der Waals surface area contributed by atoms with Crippen molar-refractivity contribution >= 4 is 5.65 Å². The van der Waals surface area contributed by atoms with E-state index in [0.29, 0.717) is 12.5 Å². The smallest absolute Gasteiger partial charge is 0.365 e. The molecule has 4 aromatic rings. The van der Waals surface area contributed by atoms with Crippen molar-refractivity contribution in [3.05, 3.63) is 57.3 Å². The molecular formula is C18H18N6O2. The highest BCUT2D eigenvalue weighted by Gasteiger charge is 2.25. The molecule has 8 heteroatoms. The van der Waals surface area contributed by atoms with Crippen molar-refractivity contribution < 1.29 is 4.74 Å². The molecule has 3 bridgehead atoms. The molecule has 0 radical (unpaired) electrons. The minimum absolute atomic E-state index is 0.102. The van der Waals surface area contributed by atoms with Crippen LogP contribution in [0.15, 0.2) is 29.1 Å². The second-order valence-electron chi connectivity index (χ2n) is 6.65. The van der Waals surface area contributed by atoms with Gasteiger partial charge in [-0.2, -0.15) is 9.48 Å². The number of fused-ring (bicyclic) bond motifs is 6. The third-order valence-corrected chi connectivity index (χ3v) is 5.06. The van der Waals surface area contributed by atoms with Crippen LogP contribution in [0.1, 0.15) is 22.5 Å². The zero-order valence-electron chi connectivity index (χ0n) is 15.0. The van der Waals surface area contributed by atoms with Crippen LogP contribution in [0.2, 0.25) is 0 Å². The zero-order valence-corrected chi connectivity index (χ0v) is 15.0. The Labute approximate surface area is 148 Å². The molecule has 1 aromatic carbocycles. The number of benzene rings is 1. The fourth-order valence-corrected chi connectivity index (χ4v) is 3.69. The van der Waals surface area contributed by atoms with Gasteiger partial charge in [0.2, 0.25) is 5.88 Å². The van der Waals surface area contributed by atoms with E-state index in [9.17, 15) is 4.79 Å². The molecule has 0 N–H and O–H groups in total. The van der Waals surface area contributed by atoms with Crippen LogP contribution < -0.4 is 10.4 Å². The van der Waals surface area contributed by atoms with E-state index in [1.165, 1.54) is 0 Å². The highest BCUT2D eigenvalue weighted by molar-refractivity contribution is 5.53. The first kappa shape index (κ1) is 15.0. The summed E-state index contributed by atoms with van der Waals surface area (Å²) < 4.78 is 11.0. The average molecular weight is 350 g/mol. The van der Waals surface area contributed by atoms with Crippen LogP contribution in [-0.4, -0.2) is 28.8 Å².